The lowest BCUT2D eigenvalue weighted by molar-refractivity contribution is 0.0694. The summed E-state index contributed by atoms with van der Waals surface area (Å²) in [5.74, 6) is -0.562. The summed E-state index contributed by atoms with van der Waals surface area (Å²) in [5, 5.41) is 9.67. The van der Waals surface area contributed by atoms with Crippen LogP contribution >= 0.6 is 0 Å². The maximum absolute atomic E-state index is 12.3. The van der Waals surface area contributed by atoms with Crippen LogP contribution in [0.4, 0.5) is 0 Å². The first-order valence-electron chi connectivity index (χ1n) is 6.34. The number of ether oxygens (including phenoxy) is 1. The van der Waals surface area contributed by atoms with Crippen molar-refractivity contribution in [1.82, 2.24) is 4.57 Å². The molecule has 0 saturated heterocycles. The van der Waals surface area contributed by atoms with E-state index in [4.69, 9.17) is 4.74 Å². The Hall–Kier alpha value is -2.30. The molecule has 0 spiro atoms. The molecule has 0 unspecified atom stereocenters. The lowest BCUT2D eigenvalue weighted by Crippen LogP contribution is -2.23. The minimum atomic E-state index is -1.19. The Kier molecular flexibility index (Phi) is 3.53. The van der Waals surface area contributed by atoms with Gasteiger partial charge in [0.05, 0.1) is 12.6 Å². The van der Waals surface area contributed by atoms with Crippen molar-refractivity contribution in [3.05, 3.63) is 39.7 Å². The molecule has 0 aliphatic carbocycles. The minimum absolute atomic E-state index is 0.0308. The number of rotatable bonds is 3. The van der Waals surface area contributed by atoms with E-state index in [2.05, 4.69) is 0 Å². The third-order valence-corrected chi connectivity index (χ3v) is 3.39. The summed E-state index contributed by atoms with van der Waals surface area (Å²) in [4.78, 5) is 23.7. The van der Waals surface area contributed by atoms with Crippen molar-refractivity contribution >= 4 is 16.9 Å². The zero-order chi connectivity index (χ0) is 15.0. The zero-order valence-corrected chi connectivity index (χ0v) is 11.9. The van der Waals surface area contributed by atoms with E-state index in [0.717, 1.165) is 0 Å². The number of methoxy groups -OCH3 is 1. The molecule has 5 nitrogen and oxygen atoms in total. The zero-order valence-electron chi connectivity index (χ0n) is 11.9. The molecule has 0 bridgehead atoms. The fourth-order valence-electron chi connectivity index (χ4n) is 2.55. The van der Waals surface area contributed by atoms with E-state index >= 15 is 0 Å². The van der Waals surface area contributed by atoms with E-state index in [0.29, 0.717) is 22.3 Å². The second-order valence-electron chi connectivity index (χ2n) is 4.94. The van der Waals surface area contributed by atoms with Gasteiger partial charge < -0.3 is 14.4 Å². The smallest absolute Gasteiger partial charge is 0.341 e. The number of carboxylic acids is 1. The molecule has 1 N–H and O–H groups in total. The molecule has 2 aromatic rings. The molecule has 0 aliphatic heterocycles. The van der Waals surface area contributed by atoms with E-state index in [-0.39, 0.29) is 11.6 Å². The van der Waals surface area contributed by atoms with Gasteiger partial charge in [0.2, 0.25) is 5.43 Å². The molecular weight excluding hydrogens is 258 g/mol. The topological polar surface area (TPSA) is 68.5 Å². The van der Waals surface area contributed by atoms with Crippen molar-refractivity contribution in [2.75, 3.05) is 7.11 Å². The molecule has 1 aromatic heterocycles. The first-order chi connectivity index (χ1) is 9.38. The second-order valence-corrected chi connectivity index (χ2v) is 4.94. The fourth-order valence-corrected chi connectivity index (χ4v) is 2.55. The molecule has 2 rings (SSSR count). The third kappa shape index (κ3) is 2.05. The predicted molar refractivity (Wildman–Crippen MR) is 76.8 cm³/mol. The quantitative estimate of drug-likeness (QED) is 0.934. The van der Waals surface area contributed by atoms with Gasteiger partial charge in [-0.15, -0.1) is 0 Å². The van der Waals surface area contributed by atoms with Crippen LogP contribution in [0.5, 0.6) is 5.75 Å². The number of carbonyl (C=O) groups is 1. The summed E-state index contributed by atoms with van der Waals surface area (Å²) >= 11 is 0. The Morgan fingerprint density at radius 1 is 1.35 bits per heavy atom. The normalized spacial score (nSPS) is 11.1. The molecule has 1 aromatic carbocycles. The van der Waals surface area contributed by atoms with Crippen molar-refractivity contribution < 1.29 is 14.6 Å². The van der Waals surface area contributed by atoms with Gasteiger partial charge in [-0.25, -0.2) is 4.79 Å². The highest BCUT2D eigenvalue weighted by molar-refractivity contribution is 5.94. The molecule has 20 heavy (non-hydrogen) atoms. The van der Waals surface area contributed by atoms with Crippen LogP contribution < -0.4 is 10.2 Å². The standard InChI is InChI=1S/C15H17NO4/c1-8(2)16-9(3)13(15(18)19)14(17)11-6-5-10(20-4)7-12(11)16/h5-8H,1-4H3,(H,18,19). The number of benzene rings is 1. The summed E-state index contributed by atoms with van der Waals surface area (Å²) in [5.41, 5.74) is 0.519. The molecule has 0 saturated carbocycles. The first-order valence-corrected chi connectivity index (χ1v) is 6.34. The number of aromatic nitrogens is 1. The van der Waals surface area contributed by atoms with Crippen LogP contribution in [0.25, 0.3) is 10.9 Å². The fraction of sp³-hybridized carbons (Fsp3) is 0.333. The van der Waals surface area contributed by atoms with E-state index in [9.17, 15) is 14.7 Å². The Morgan fingerprint density at radius 3 is 2.50 bits per heavy atom. The molecule has 0 atom stereocenters. The minimum Gasteiger partial charge on any atom is -0.497 e. The summed E-state index contributed by atoms with van der Waals surface area (Å²) in [6.45, 7) is 5.55. The molecule has 106 valence electrons. The Morgan fingerprint density at radius 2 is 2.00 bits per heavy atom. The maximum Gasteiger partial charge on any atom is 0.341 e. The van der Waals surface area contributed by atoms with Crippen LogP contribution in [0.1, 0.15) is 35.9 Å². The van der Waals surface area contributed by atoms with Crippen molar-refractivity contribution in [1.29, 1.82) is 0 Å². The highest BCUT2D eigenvalue weighted by Crippen LogP contribution is 2.24. The lowest BCUT2D eigenvalue weighted by atomic mass is 10.1. The van der Waals surface area contributed by atoms with Gasteiger partial charge >= 0.3 is 5.97 Å². The Labute approximate surface area is 116 Å². The van der Waals surface area contributed by atoms with Gasteiger partial charge in [0.25, 0.3) is 0 Å². The van der Waals surface area contributed by atoms with Gasteiger partial charge in [-0.1, -0.05) is 0 Å². The van der Waals surface area contributed by atoms with Crippen molar-refractivity contribution in [2.45, 2.75) is 26.8 Å². The molecule has 0 radical (unpaired) electrons. The van der Waals surface area contributed by atoms with Gasteiger partial charge in [0.15, 0.2) is 0 Å². The number of aromatic carboxylic acids is 1. The van der Waals surface area contributed by atoms with Crippen LogP contribution in [0.3, 0.4) is 0 Å². The molecule has 0 fully saturated rings. The lowest BCUT2D eigenvalue weighted by Gasteiger charge is -2.20. The van der Waals surface area contributed by atoms with E-state index < -0.39 is 11.4 Å². The number of hydrogen-bond donors (Lipinski definition) is 1. The van der Waals surface area contributed by atoms with Gasteiger partial charge in [0, 0.05) is 23.2 Å². The van der Waals surface area contributed by atoms with Crippen molar-refractivity contribution in [2.24, 2.45) is 0 Å². The van der Waals surface area contributed by atoms with Crippen LogP contribution in [0, 0.1) is 6.92 Å². The highest BCUT2D eigenvalue weighted by atomic mass is 16.5. The van der Waals surface area contributed by atoms with Gasteiger partial charge in [0.1, 0.15) is 11.3 Å². The number of hydrogen-bond acceptors (Lipinski definition) is 3. The van der Waals surface area contributed by atoms with E-state index in [1.54, 1.807) is 32.2 Å². The Balaban J connectivity index is 3.03. The van der Waals surface area contributed by atoms with Crippen LogP contribution in [-0.4, -0.2) is 22.8 Å². The van der Waals surface area contributed by atoms with Gasteiger partial charge in [-0.2, -0.15) is 0 Å². The highest BCUT2D eigenvalue weighted by Gasteiger charge is 2.20. The summed E-state index contributed by atoms with van der Waals surface area (Å²) in [6, 6.07) is 5.06. The van der Waals surface area contributed by atoms with Crippen molar-refractivity contribution in [3.8, 4) is 5.75 Å². The molecular formula is C15H17NO4. The first kappa shape index (κ1) is 14.1. The molecule has 5 heteroatoms. The van der Waals surface area contributed by atoms with Crippen molar-refractivity contribution in [3.63, 3.8) is 0 Å². The Bertz CT molecular complexity index is 744. The summed E-state index contributed by atoms with van der Waals surface area (Å²) < 4.78 is 7.03. The predicted octanol–water partition coefficient (Wildman–Crippen LogP) is 2.60. The van der Waals surface area contributed by atoms with Crippen LogP contribution in [0.2, 0.25) is 0 Å². The number of fused-ring (bicyclic) bond motifs is 1. The number of pyridine rings is 1. The van der Waals surface area contributed by atoms with Crippen LogP contribution in [0.15, 0.2) is 23.0 Å². The van der Waals surface area contributed by atoms with Gasteiger partial charge in [-0.05, 0) is 32.9 Å². The average molecular weight is 275 g/mol. The summed E-state index contributed by atoms with van der Waals surface area (Å²) in [6.07, 6.45) is 0. The third-order valence-electron chi connectivity index (χ3n) is 3.39. The average Bonchev–Trinajstić information content (AvgIpc) is 2.37. The molecule has 1 heterocycles. The van der Waals surface area contributed by atoms with E-state index in [1.165, 1.54) is 0 Å². The monoisotopic (exact) mass is 275 g/mol. The summed E-state index contributed by atoms with van der Waals surface area (Å²) in [7, 11) is 1.55. The number of carboxylic acid groups (broad SMARTS) is 1. The number of nitrogens with zero attached hydrogens (tertiary/aromatic N) is 1. The maximum atomic E-state index is 12.3. The van der Waals surface area contributed by atoms with E-state index in [1.807, 2.05) is 18.4 Å². The molecule has 0 aliphatic rings. The largest absolute Gasteiger partial charge is 0.497 e. The second kappa shape index (κ2) is 5.00. The van der Waals surface area contributed by atoms with Gasteiger partial charge in [-0.3, -0.25) is 4.79 Å². The molecule has 0 amide bonds. The van der Waals surface area contributed by atoms with Crippen LogP contribution in [-0.2, 0) is 0 Å². The SMILES string of the molecule is COc1ccc2c(=O)c(C(=O)O)c(C)n(C(C)C)c2c1.